The van der Waals surface area contributed by atoms with Crippen LogP contribution in [0.4, 0.5) is 5.69 Å². The second kappa shape index (κ2) is 8.23. The number of nitrogens with zero attached hydrogens (tertiary/aromatic N) is 1. The predicted molar refractivity (Wildman–Crippen MR) is 96.9 cm³/mol. The molecule has 2 amide bonds. The molecule has 0 saturated heterocycles. The Bertz CT molecular complexity index is 905. The van der Waals surface area contributed by atoms with E-state index in [1.54, 1.807) is 12.1 Å². The second-order valence-electron chi connectivity index (χ2n) is 4.80. The van der Waals surface area contributed by atoms with E-state index in [2.05, 4.69) is 16.2 Å². The van der Waals surface area contributed by atoms with E-state index in [-0.39, 0.29) is 27.0 Å². The fourth-order valence-corrected chi connectivity index (χ4v) is 2.18. The average Bonchev–Trinajstić information content (AvgIpc) is 2.60. The lowest BCUT2D eigenvalue weighted by atomic mass is 10.2. The summed E-state index contributed by atoms with van der Waals surface area (Å²) in [5.41, 5.74) is 4.02. The van der Waals surface area contributed by atoms with Crippen molar-refractivity contribution in [2.45, 2.75) is 0 Å². The van der Waals surface area contributed by atoms with Gasteiger partial charge in [0.05, 0.1) is 10.5 Å². The molecule has 0 spiro atoms. The Balaban J connectivity index is 1.96. The van der Waals surface area contributed by atoms with Gasteiger partial charge < -0.3 is 5.11 Å². The number of thiocarbonyl (C=S) groups is 1. The third-order valence-corrected chi connectivity index (χ3v) is 3.59. The lowest BCUT2D eigenvalue weighted by molar-refractivity contribution is -0.384. The van der Waals surface area contributed by atoms with Crippen LogP contribution in [0.1, 0.15) is 20.7 Å². The molecule has 0 bridgehead atoms. The molecule has 0 saturated carbocycles. The number of phenolic OH excluding ortho intramolecular Hbond substituents is 1. The zero-order valence-corrected chi connectivity index (χ0v) is 14.4. The lowest BCUT2D eigenvalue weighted by Crippen LogP contribution is -2.48. The summed E-state index contributed by atoms with van der Waals surface area (Å²) in [6, 6.07) is 9.33. The number of hydrogen-bond donors (Lipinski definition) is 4. The van der Waals surface area contributed by atoms with Crippen molar-refractivity contribution in [1.29, 1.82) is 0 Å². The molecule has 0 fully saturated rings. The van der Waals surface area contributed by atoms with Crippen molar-refractivity contribution in [3.63, 3.8) is 0 Å². The van der Waals surface area contributed by atoms with Gasteiger partial charge in [0.25, 0.3) is 17.5 Å². The van der Waals surface area contributed by atoms with Crippen LogP contribution < -0.4 is 16.2 Å². The zero-order valence-electron chi connectivity index (χ0n) is 12.9. The monoisotopic (exact) mass is 394 g/mol. The Morgan fingerprint density at radius 3 is 2.46 bits per heavy atom. The topological polar surface area (TPSA) is 134 Å². The first-order valence-electron chi connectivity index (χ1n) is 6.93. The number of nitro groups is 1. The molecule has 4 N–H and O–H groups in total. The van der Waals surface area contributed by atoms with Crippen LogP contribution in [-0.2, 0) is 0 Å². The molecule has 0 atom stereocenters. The largest absolute Gasteiger partial charge is 0.507 e. The number of nitro benzene ring substituents is 1. The summed E-state index contributed by atoms with van der Waals surface area (Å²) < 4.78 is 0. The molecular formula is C15H11ClN4O5S. The summed E-state index contributed by atoms with van der Waals surface area (Å²) in [5.74, 6) is -1.64. The number of rotatable bonds is 3. The van der Waals surface area contributed by atoms with Crippen LogP contribution in [0.5, 0.6) is 5.75 Å². The van der Waals surface area contributed by atoms with Crippen LogP contribution in [0.15, 0.2) is 42.5 Å². The number of nitrogens with one attached hydrogen (secondary N) is 3. The van der Waals surface area contributed by atoms with Gasteiger partial charge in [0.2, 0.25) is 0 Å². The Hall–Kier alpha value is -3.24. The van der Waals surface area contributed by atoms with E-state index in [9.17, 15) is 24.8 Å². The van der Waals surface area contributed by atoms with Crippen molar-refractivity contribution in [3.8, 4) is 5.75 Å². The van der Waals surface area contributed by atoms with Crippen LogP contribution in [0.3, 0.4) is 0 Å². The van der Waals surface area contributed by atoms with Gasteiger partial charge in [0, 0.05) is 11.6 Å². The maximum absolute atomic E-state index is 12.1. The molecule has 0 unspecified atom stereocenters. The molecule has 2 aromatic carbocycles. The van der Waals surface area contributed by atoms with E-state index in [1.807, 2.05) is 0 Å². The first-order chi connectivity index (χ1) is 12.3. The highest BCUT2D eigenvalue weighted by molar-refractivity contribution is 7.80. The fourth-order valence-electron chi connectivity index (χ4n) is 1.85. The van der Waals surface area contributed by atoms with Crippen molar-refractivity contribution in [2.75, 3.05) is 0 Å². The van der Waals surface area contributed by atoms with Gasteiger partial charge in [-0.25, -0.2) is 0 Å². The summed E-state index contributed by atoms with van der Waals surface area (Å²) in [6.07, 6.45) is 0. The Morgan fingerprint density at radius 2 is 1.81 bits per heavy atom. The molecule has 2 rings (SSSR count). The minimum atomic E-state index is -0.737. The third kappa shape index (κ3) is 4.65. The highest BCUT2D eigenvalue weighted by Gasteiger charge is 2.17. The van der Waals surface area contributed by atoms with Crippen molar-refractivity contribution in [3.05, 3.63) is 68.7 Å². The van der Waals surface area contributed by atoms with Crippen LogP contribution in [0.2, 0.25) is 5.02 Å². The Morgan fingerprint density at radius 1 is 1.12 bits per heavy atom. The lowest BCUT2D eigenvalue weighted by Gasteiger charge is -2.11. The predicted octanol–water partition coefficient (Wildman–Crippen LogP) is 1.90. The first-order valence-corrected chi connectivity index (χ1v) is 7.72. The van der Waals surface area contributed by atoms with Gasteiger partial charge in [-0.1, -0.05) is 23.7 Å². The van der Waals surface area contributed by atoms with Gasteiger partial charge in [-0.3, -0.25) is 35.9 Å². The van der Waals surface area contributed by atoms with Crippen molar-refractivity contribution >= 4 is 46.4 Å². The highest BCUT2D eigenvalue weighted by Crippen LogP contribution is 2.24. The number of hydrazine groups is 1. The fraction of sp³-hybridized carbons (Fsp3) is 0. The first kappa shape index (κ1) is 19.1. The maximum atomic E-state index is 12.1. The Kier molecular flexibility index (Phi) is 6.04. The molecule has 0 aliphatic rings. The summed E-state index contributed by atoms with van der Waals surface area (Å²) in [7, 11) is 0. The zero-order chi connectivity index (χ0) is 19.3. The summed E-state index contributed by atoms with van der Waals surface area (Å²) in [4.78, 5) is 34.1. The minimum absolute atomic E-state index is 0.00227. The number of hydrogen-bond acceptors (Lipinski definition) is 6. The molecule has 9 nitrogen and oxygen atoms in total. The number of carbonyl (C=O) groups is 2. The molecule has 0 heterocycles. The van der Waals surface area contributed by atoms with Crippen molar-refractivity contribution < 1.29 is 19.6 Å². The number of aromatic hydroxyl groups is 1. The van der Waals surface area contributed by atoms with Crippen LogP contribution in [0.25, 0.3) is 0 Å². The molecular weight excluding hydrogens is 384 g/mol. The number of halogens is 1. The quantitative estimate of drug-likeness (QED) is 0.355. The van der Waals surface area contributed by atoms with E-state index in [4.69, 9.17) is 23.8 Å². The molecule has 0 aliphatic carbocycles. The minimum Gasteiger partial charge on any atom is -0.507 e. The molecule has 0 aromatic heterocycles. The summed E-state index contributed by atoms with van der Waals surface area (Å²) in [5, 5.41) is 22.3. The van der Waals surface area contributed by atoms with Gasteiger partial charge in [0.1, 0.15) is 10.8 Å². The van der Waals surface area contributed by atoms with Gasteiger partial charge in [0.15, 0.2) is 5.11 Å². The van der Waals surface area contributed by atoms with Gasteiger partial charge in [-0.05, 0) is 36.5 Å². The van der Waals surface area contributed by atoms with Gasteiger partial charge in [-0.2, -0.15) is 0 Å². The van der Waals surface area contributed by atoms with Gasteiger partial charge >= 0.3 is 0 Å². The van der Waals surface area contributed by atoms with Crippen LogP contribution >= 0.6 is 23.8 Å². The second-order valence-corrected chi connectivity index (χ2v) is 5.62. The van der Waals surface area contributed by atoms with E-state index in [0.717, 1.165) is 6.07 Å². The molecule has 0 radical (unpaired) electrons. The van der Waals surface area contributed by atoms with Crippen molar-refractivity contribution in [2.24, 2.45) is 0 Å². The summed E-state index contributed by atoms with van der Waals surface area (Å²) >= 11 is 10.5. The highest BCUT2D eigenvalue weighted by atomic mass is 35.5. The van der Waals surface area contributed by atoms with E-state index in [0.29, 0.717) is 0 Å². The number of para-hydroxylation sites is 1. The number of phenols is 1. The third-order valence-electron chi connectivity index (χ3n) is 3.07. The number of carbonyl (C=O) groups excluding carboxylic acids is 2. The smallest absolute Gasteiger partial charge is 0.288 e. The standard InChI is InChI=1S/C15H11ClN4O5S/c16-10-6-5-8(7-11(10)20(24)25)13(22)17-15(26)19-18-14(23)9-3-1-2-4-12(9)21/h1-7,21H,(H,18,23)(H2,17,19,22,26). The molecule has 26 heavy (non-hydrogen) atoms. The van der Waals surface area contributed by atoms with Gasteiger partial charge in [-0.15, -0.1) is 0 Å². The Labute approximate surface area is 157 Å². The van der Waals surface area contributed by atoms with Crippen LogP contribution in [-0.4, -0.2) is 27.0 Å². The SMILES string of the molecule is O=C(NC(=S)NNC(=O)c1ccccc1O)c1ccc(Cl)c([N+](=O)[O-])c1. The summed E-state index contributed by atoms with van der Waals surface area (Å²) in [6.45, 7) is 0. The van der Waals surface area contributed by atoms with Crippen LogP contribution in [0, 0.1) is 10.1 Å². The maximum Gasteiger partial charge on any atom is 0.288 e. The molecule has 134 valence electrons. The van der Waals surface area contributed by atoms with Crippen molar-refractivity contribution in [1.82, 2.24) is 16.2 Å². The number of benzene rings is 2. The van der Waals surface area contributed by atoms with E-state index >= 15 is 0 Å². The number of amides is 2. The molecule has 0 aliphatic heterocycles. The average molecular weight is 395 g/mol. The molecule has 2 aromatic rings. The van der Waals surface area contributed by atoms with E-state index < -0.39 is 22.4 Å². The normalized spacial score (nSPS) is 9.88. The van der Waals surface area contributed by atoms with E-state index in [1.165, 1.54) is 24.3 Å². The molecule has 11 heteroatoms.